The second-order valence-corrected chi connectivity index (χ2v) is 7.56. The number of nitrogens with zero attached hydrogens (tertiary/aromatic N) is 5. The van der Waals surface area contributed by atoms with Crippen molar-refractivity contribution >= 4 is 17.7 Å². The van der Waals surface area contributed by atoms with E-state index in [1.54, 1.807) is 26.8 Å². The highest BCUT2D eigenvalue weighted by Gasteiger charge is 2.33. The van der Waals surface area contributed by atoms with Crippen LogP contribution in [0.5, 0.6) is 11.9 Å². The number of amides is 1. The van der Waals surface area contributed by atoms with Crippen molar-refractivity contribution in [3.63, 3.8) is 0 Å². The van der Waals surface area contributed by atoms with Gasteiger partial charge in [0.1, 0.15) is 24.4 Å². The lowest BCUT2D eigenvalue weighted by Gasteiger charge is -2.19. The SMILES string of the molecule is COc1nccc(O[C@H]2CO[C@H](C(=O)Nc3cn(CC(=O)OC(C)(C)C)nn3)C2)n1. The first kappa shape index (κ1) is 21.4. The molecule has 12 nitrogen and oxygen atoms in total. The lowest BCUT2D eigenvalue weighted by molar-refractivity contribution is -0.155. The molecule has 2 aromatic rings. The third-order valence-corrected chi connectivity index (χ3v) is 3.83. The number of methoxy groups -OCH3 is 1. The van der Waals surface area contributed by atoms with Crippen LogP contribution in [0.15, 0.2) is 18.5 Å². The zero-order chi connectivity index (χ0) is 21.7. The Morgan fingerprint density at radius 1 is 1.37 bits per heavy atom. The summed E-state index contributed by atoms with van der Waals surface area (Å²) in [5.74, 6) is -0.296. The third-order valence-electron chi connectivity index (χ3n) is 3.83. The maximum absolute atomic E-state index is 12.4. The second-order valence-electron chi connectivity index (χ2n) is 7.56. The summed E-state index contributed by atoms with van der Waals surface area (Å²) in [7, 11) is 1.46. The maximum Gasteiger partial charge on any atom is 0.328 e. The van der Waals surface area contributed by atoms with E-state index in [4.69, 9.17) is 18.9 Å². The van der Waals surface area contributed by atoms with E-state index in [0.29, 0.717) is 12.3 Å². The first-order valence-electron chi connectivity index (χ1n) is 9.30. The van der Waals surface area contributed by atoms with Gasteiger partial charge in [-0.2, -0.15) is 4.98 Å². The van der Waals surface area contributed by atoms with Crippen LogP contribution in [0.1, 0.15) is 27.2 Å². The quantitative estimate of drug-likeness (QED) is 0.633. The van der Waals surface area contributed by atoms with E-state index in [9.17, 15) is 9.59 Å². The van der Waals surface area contributed by atoms with Gasteiger partial charge in [0.25, 0.3) is 5.91 Å². The Hall–Kier alpha value is -3.28. The Labute approximate surface area is 172 Å². The molecule has 162 valence electrons. The highest BCUT2D eigenvalue weighted by Crippen LogP contribution is 2.21. The predicted molar refractivity (Wildman–Crippen MR) is 102 cm³/mol. The van der Waals surface area contributed by atoms with Crippen LogP contribution in [0, 0.1) is 0 Å². The average Bonchev–Trinajstić information content (AvgIpc) is 3.30. The summed E-state index contributed by atoms with van der Waals surface area (Å²) in [5, 5.41) is 10.3. The highest BCUT2D eigenvalue weighted by molar-refractivity contribution is 5.93. The van der Waals surface area contributed by atoms with Gasteiger partial charge in [0.15, 0.2) is 5.82 Å². The van der Waals surface area contributed by atoms with E-state index in [-0.39, 0.29) is 37.0 Å². The maximum atomic E-state index is 12.4. The molecule has 0 spiro atoms. The van der Waals surface area contributed by atoms with Crippen molar-refractivity contribution in [2.24, 2.45) is 0 Å². The fourth-order valence-corrected chi connectivity index (χ4v) is 2.67. The number of ether oxygens (including phenoxy) is 4. The van der Waals surface area contributed by atoms with E-state index in [2.05, 4.69) is 25.6 Å². The highest BCUT2D eigenvalue weighted by atomic mass is 16.6. The molecule has 0 bridgehead atoms. The van der Waals surface area contributed by atoms with Crippen LogP contribution in [0.25, 0.3) is 0 Å². The molecule has 30 heavy (non-hydrogen) atoms. The molecular formula is C18H24N6O6. The standard InChI is InChI=1S/C18H24N6O6/c1-18(2,3)30-15(25)9-24-8-13(22-23-24)20-16(26)12-7-11(10-28-12)29-14-5-6-19-17(21-14)27-4/h5-6,8,11-12H,7,9-10H2,1-4H3,(H,20,26)/t11-,12+/m1/s1. The third kappa shape index (κ3) is 6.11. The van der Waals surface area contributed by atoms with Crippen molar-refractivity contribution in [2.75, 3.05) is 19.0 Å². The Morgan fingerprint density at radius 2 is 2.17 bits per heavy atom. The summed E-state index contributed by atoms with van der Waals surface area (Å²) >= 11 is 0. The summed E-state index contributed by atoms with van der Waals surface area (Å²) in [6, 6.07) is 1.79. The normalized spacial score (nSPS) is 18.7. The van der Waals surface area contributed by atoms with Gasteiger partial charge in [0.05, 0.1) is 19.9 Å². The predicted octanol–water partition coefficient (Wildman–Crippen LogP) is 0.593. The van der Waals surface area contributed by atoms with Gasteiger partial charge in [-0.1, -0.05) is 5.21 Å². The Kier molecular flexibility index (Phi) is 6.45. The lowest BCUT2D eigenvalue weighted by atomic mass is 10.2. The summed E-state index contributed by atoms with van der Waals surface area (Å²) in [4.78, 5) is 32.2. The monoisotopic (exact) mass is 420 g/mol. The van der Waals surface area contributed by atoms with Gasteiger partial charge in [-0.25, -0.2) is 9.67 Å². The summed E-state index contributed by atoms with van der Waals surface area (Å²) < 4.78 is 22.7. The van der Waals surface area contributed by atoms with Crippen molar-refractivity contribution in [1.29, 1.82) is 0 Å². The van der Waals surface area contributed by atoms with Crippen LogP contribution in [-0.2, 0) is 25.6 Å². The largest absolute Gasteiger partial charge is 0.472 e. The number of carbonyl (C=O) groups is 2. The van der Waals surface area contributed by atoms with Gasteiger partial charge in [-0.15, -0.1) is 5.10 Å². The molecule has 1 aliphatic rings. The number of aromatic nitrogens is 5. The Morgan fingerprint density at radius 3 is 2.90 bits per heavy atom. The van der Waals surface area contributed by atoms with Crippen LogP contribution < -0.4 is 14.8 Å². The van der Waals surface area contributed by atoms with Crippen molar-refractivity contribution in [3.05, 3.63) is 18.5 Å². The minimum Gasteiger partial charge on any atom is -0.472 e. The van der Waals surface area contributed by atoms with Crippen molar-refractivity contribution in [1.82, 2.24) is 25.0 Å². The van der Waals surface area contributed by atoms with Gasteiger partial charge >= 0.3 is 12.0 Å². The number of nitrogens with one attached hydrogen (secondary N) is 1. The van der Waals surface area contributed by atoms with Crippen LogP contribution in [0.2, 0.25) is 0 Å². The van der Waals surface area contributed by atoms with E-state index in [1.165, 1.54) is 24.2 Å². The van der Waals surface area contributed by atoms with Gasteiger partial charge in [-0.05, 0) is 20.8 Å². The molecule has 1 aliphatic heterocycles. The number of hydrogen-bond acceptors (Lipinski definition) is 10. The molecule has 0 radical (unpaired) electrons. The Balaban J connectivity index is 1.48. The number of anilines is 1. The summed E-state index contributed by atoms with van der Waals surface area (Å²) in [6.07, 6.45) is 2.24. The molecule has 3 heterocycles. The van der Waals surface area contributed by atoms with E-state index in [0.717, 1.165) is 0 Å². The molecule has 1 N–H and O–H groups in total. The van der Waals surface area contributed by atoms with E-state index in [1.807, 2.05) is 0 Å². The number of esters is 1. The van der Waals surface area contributed by atoms with Crippen molar-refractivity contribution in [2.45, 2.75) is 51.5 Å². The summed E-state index contributed by atoms with van der Waals surface area (Å²) in [6.45, 7) is 5.45. The lowest BCUT2D eigenvalue weighted by Crippen LogP contribution is -2.28. The number of hydrogen-bond donors (Lipinski definition) is 1. The minimum atomic E-state index is -0.713. The zero-order valence-electron chi connectivity index (χ0n) is 17.2. The molecule has 0 saturated carbocycles. The molecule has 1 fully saturated rings. The van der Waals surface area contributed by atoms with Gasteiger partial charge in [0, 0.05) is 18.7 Å². The van der Waals surface area contributed by atoms with Crippen LogP contribution in [-0.4, -0.2) is 68.4 Å². The average molecular weight is 420 g/mol. The van der Waals surface area contributed by atoms with Crippen molar-refractivity contribution in [3.8, 4) is 11.9 Å². The molecule has 3 rings (SSSR count). The first-order chi connectivity index (χ1) is 14.2. The van der Waals surface area contributed by atoms with Gasteiger partial charge in [0.2, 0.25) is 5.88 Å². The van der Waals surface area contributed by atoms with Crippen molar-refractivity contribution < 1.29 is 28.5 Å². The molecule has 1 saturated heterocycles. The fourth-order valence-electron chi connectivity index (χ4n) is 2.67. The molecule has 0 aromatic carbocycles. The minimum absolute atomic E-state index is 0.113. The smallest absolute Gasteiger partial charge is 0.328 e. The van der Waals surface area contributed by atoms with Gasteiger partial charge in [-0.3, -0.25) is 9.59 Å². The molecule has 1 amide bonds. The number of rotatable bonds is 7. The molecule has 0 unspecified atom stereocenters. The van der Waals surface area contributed by atoms with E-state index >= 15 is 0 Å². The molecule has 2 atom stereocenters. The summed E-state index contributed by atoms with van der Waals surface area (Å²) in [5.41, 5.74) is -0.593. The Bertz CT molecular complexity index is 895. The number of carbonyl (C=O) groups excluding carboxylic acids is 2. The molecule has 0 aliphatic carbocycles. The van der Waals surface area contributed by atoms with Crippen LogP contribution in [0.3, 0.4) is 0 Å². The second kappa shape index (κ2) is 9.03. The topological polar surface area (TPSA) is 140 Å². The van der Waals surface area contributed by atoms with E-state index < -0.39 is 17.7 Å². The zero-order valence-corrected chi connectivity index (χ0v) is 17.2. The molecule has 2 aromatic heterocycles. The molecule has 12 heteroatoms. The molecular weight excluding hydrogens is 396 g/mol. The fraction of sp³-hybridized carbons (Fsp3) is 0.556. The van der Waals surface area contributed by atoms with Gasteiger partial charge < -0.3 is 24.3 Å². The first-order valence-corrected chi connectivity index (χ1v) is 9.30. The van der Waals surface area contributed by atoms with Crippen LogP contribution in [0.4, 0.5) is 5.82 Å². The van der Waals surface area contributed by atoms with Crippen LogP contribution >= 0.6 is 0 Å².